The molecule has 3 heteroatoms. The van der Waals surface area contributed by atoms with Crippen LogP contribution in [-0.2, 0) is 9.53 Å². The number of benzene rings is 1. The van der Waals surface area contributed by atoms with Crippen LogP contribution in [0.1, 0.15) is 63.5 Å². The third kappa shape index (κ3) is 2.90. The number of hydrogen-bond acceptors (Lipinski definition) is 3. The molecule has 0 amide bonds. The fourth-order valence-corrected chi connectivity index (χ4v) is 4.85. The second kappa shape index (κ2) is 6.72. The molecule has 4 atom stereocenters. The van der Waals surface area contributed by atoms with Gasteiger partial charge in [-0.2, -0.15) is 0 Å². The number of rotatable bonds is 2. The number of fused-ring (bicyclic) bond motifs is 3. The topological polar surface area (TPSA) is 35.5 Å². The molecular weight excluding hydrogens is 300 g/mol. The Morgan fingerprint density at radius 1 is 1.08 bits per heavy atom. The first-order valence-corrected chi connectivity index (χ1v) is 9.37. The molecule has 1 saturated carbocycles. The van der Waals surface area contributed by atoms with Crippen molar-refractivity contribution in [3.05, 3.63) is 41.5 Å². The Bertz CT molecular complexity index is 648. The first kappa shape index (κ1) is 15.9. The average Bonchev–Trinajstić information content (AvgIpc) is 2.61. The van der Waals surface area contributed by atoms with E-state index in [0.717, 1.165) is 12.0 Å². The van der Waals surface area contributed by atoms with Gasteiger partial charge in [-0.1, -0.05) is 42.7 Å². The maximum absolute atomic E-state index is 11.5. The normalized spacial score (nSPS) is 32.3. The molecule has 1 aromatic rings. The van der Waals surface area contributed by atoms with Crippen molar-refractivity contribution in [2.24, 2.45) is 11.8 Å². The smallest absolute Gasteiger partial charge is 0.308 e. The lowest BCUT2D eigenvalue weighted by atomic mass is 9.68. The molecule has 1 aliphatic heterocycles. The van der Waals surface area contributed by atoms with Gasteiger partial charge in [0, 0.05) is 24.3 Å². The Kier molecular flexibility index (Phi) is 4.45. The molecule has 128 valence electrons. The van der Waals surface area contributed by atoms with E-state index < -0.39 is 0 Å². The lowest BCUT2D eigenvalue weighted by Gasteiger charge is -2.47. The van der Waals surface area contributed by atoms with Gasteiger partial charge < -0.3 is 9.47 Å². The summed E-state index contributed by atoms with van der Waals surface area (Å²) in [5.74, 6) is 1.44. The molecule has 1 saturated heterocycles. The predicted molar refractivity (Wildman–Crippen MR) is 92.7 cm³/mol. The first-order valence-electron chi connectivity index (χ1n) is 9.37. The summed E-state index contributed by atoms with van der Waals surface area (Å²) in [7, 11) is 0. The zero-order valence-corrected chi connectivity index (χ0v) is 14.4. The molecule has 1 aromatic carbocycles. The number of esters is 1. The SMILES string of the molecule is CC(=O)Oc1ccccc1[C@H]1O[C@@H]2CCCC[C@@H]2C2=CCCC[C@H]21. The van der Waals surface area contributed by atoms with Crippen LogP contribution in [0, 0.1) is 11.8 Å². The third-order valence-corrected chi connectivity index (χ3v) is 5.82. The lowest BCUT2D eigenvalue weighted by molar-refractivity contribution is -0.132. The van der Waals surface area contributed by atoms with Crippen molar-refractivity contribution in [3.8, 4) is 5.75 Å². The molecule has 1 heterocycles. The molecule has 0 spiro atoms. The molecular formula is C21H26O3. The van der Waals surface area contributed by atoms with Gasteiger partial charge in [0.25, 0.3) is 0 Å². The Morgan fingerprint density at radius 2 is 1.88 bits per heavy atom. The molecule has 0 unspecified atom stereocenters. The van der Waals surface area contributed by atoms with Crippen LogP contribution in [0.3, 0.4) is 0 Å². The van der Waals surface area contributed by atoms with Crippen molar-refractivity contribution in [3.63, 3.8) is 0 Å². The van der Waals surface area contributed by atoms with Gasteiger partial charge in [0.1, 0.15) is 5.75 Å². The van der Waals surface area contributed by atoms with E-state index in [1.54, 1.807) is 5.57 Å². The van der Waals surface area contributed by atoms with Crippen molar-refractivity contribution in [1.82, 2.24) is 0 Å². The van der Waals surface area contributed by atoms with Crippen molar-refractivity contribution in [1.29, 1.82) is 0 Å². The van der Waals surface area contributed by atoms with Gasteiger partial charge >= 0.3 is 5.97 Å². The van der Waals surface area contributed by atoms with E-state index in [-0.39, 0.29) is 12.1 Å². The highest BCUT2D eigenvalue weighted by Gasteiger charge is 2.44. The number of para-hydroxylation sites is 1. The lowest BCUT2D eigenvalue weighted by Crippen LogP contribution is -2.41. The Labute approximate surface area is 144 Å². The van der Waals surface area contributed by atoms with E-state index in [9.17, 15) is 4.79 Å². The third-order valence-electron chi connectivity index (χ3n) is 5.82. The summed E-state index contributed by atoms with van der Waals surface area (Å²) < 4.78 is 12.1. The van der Waals surface area contributed by atoms with Crippen molar-refractivity contribution in [2.75, 3.05) is 0 Å². The summed E-state index contributed by atoms with van der Waals surface area (Å²) in [6, 6.07) is 7.90. The summed E-state index contributed by atoms with van der Waals surface area (Å²) in [6.07, 6.45) is 11.4. The van der Waals surface area contributed by atoms with Crippen LogP contribution in [0.15, 0.2) is 35.9 Å². The van der Waals surface area contributed by atoms with Crippen molar-refractivity contribution < 1.29 is 14.3 Å². The molecule has 0 bridgehead atoms. The molecule has 3 aliphatic rings. The van der Waals surface area contributed by atoms with Gasteiger partial charge in [-0.05, 0) is 38.2 Å². The fourth-order valence-electron chi connectivity index (χ4n) is 4.85. The van der Waals surface area contributed by atoms with Gasteiger partial charge in [-0.25, -0.2) is 0 Å². The summed E-state index contributed by atoms with van der Waals surface area (Å²) in [5, 5.41) is 0. The highest BCUT2D eigenvalue weighted by Crippen LogP contribution is 2.52. The Morgan fingerprint density at radius 3 is 2.75 bits per heavy atom. The Hall–Kier alpha value is -1.61. The maximum atomic E-state index is 11.5. The minimum Gasteiger partial charge on any atom is -0.426 e. The first-order chi connectivity index (χ1) is 11.7. The van der Waals surface area contributed by atoms with Gasteiger partial charge in [-0.15, -0.1) is 0 Å². The van der Waals surface area contributed by atoms with E-state index in [1.807, 2.05) is 18.2 Å². The molecule has 0 N–H and O–H groups in total. The zero-order chi connectivity index (χ0) is 16.5. The van der Waals surface area contributed by atoms with E-state index in [4.69, 9.17) is 9.47 Å². The van der Waals surface area contributed by atoms with E-state index in [0.29, 0.717) is 23.7 Å². The highest BCUT2D eigenvalue weighted by molar-refractivity contribution is 5.69. The van der Waals surface area contributed by atoms with Crippen LogP contribution in [-0.4, -0.2) is 12.1 Å². The molecule has 2 aliphatic carbocycles. The average molecular weight is 326 g/mol. The second-order valence-corrected chi connectivity index (χ2v) is 7.36. The van der Waals surface area contributed by atoms with Gasteiger partial charge in [-0.3, -0.25) is 4.79 Å². The van der Waals surface area contributed by atoms with Crippen molar-refractivity contribution in [2.45, 2.75) is 64.1 Å². The predicted octanol–water partition coefficient (Wildman–Crippen LogP) is 4.97. The summed E-state index contributed by atoms with van der Waals surface area (Å²) in [5.41, 5.74) is 2.66. The van der Waals surface area contributed by atoms with Crippen LogP contribution in [0.2, 0.25) is 0 Å². The quantitative estimate of drug-likeness (QED) is 0.437. The zero-order valence-electron chi connectivity index (χ0n) is 14.4. The largest absolute Gasteiger partial charge is 0.426 e. The monoisotopic (exact) mass is 326 g/mol. The van der Waals surface area contributed by atoms with E-state index >= 15 is 0 Å². The summed E-state index contributed by atoms with van der Waals surface area (Å²) in [6.45, 7) is 1.46. The van der Waals surface area contributed by atoms with Crippen LogP contribution in [0.25, 0.3) is 0 Å². The molecule has 3 nitrogen and oxygen atoms in total. The minimum atomic E-state index is -0.270. The number of carbonyl (C=O) groups is 1. The maximum Gasteiger partial charge on any atom is 0.308 e. The second-order valence-electron chi connectivity index (χ2n) is 7.36. The minimum absolute atomic E-state index is 0.0199. The van der Waals surface area contributed by atoms with Crippen LogP contribution < -0.4 is 4.74 Å². The van der Waals surface area contributed by atoms with Gasteiger partial charge in [0.15, 0.2) is 0 Å². The highest BCUT2D eigenvalue weighted by atomic mass is 16.5. The van der Waals surface area contributed by atoms with Crippen LogP contribution in [0.5, 0.6) is 5.75 Å². The van der Waals surface area contributed by atoms with E-state index in [2.05, 4.69) is 12.1 Å². The van der Waals surface area contributed by atoms with Gasteiger partial charge in [0.05, 0.1) is 12.2 Å². The fraction of sp³-hybridized carbons (Fsp3) is 0.571. The number of ether oxygens (including phenoxy) is 2. The summed E-state index contributed by atoms with van der Waals surface area (Å²) in [4.78, 5) is 11.5. The van der Waals surface area contributed by atoms with Crippen LogP contribution >= 0.6 is 0 Å². The number of carbonyl (C=O) groups excluding carboxylic acids is 1. The standard InChI is InChI=1S/C21H26O3/c1-14(22)23-20-13-7-5-11-18(20)21-17-10-3-2-8-15(17)16-9-4-6-12-19(16)24-21/h5,7-8,11,13,16-17,19,21H,2-4,6,9-10,12H2,1H3/t16-,17-,19-,21+/m1/s1. The van der Waals surface area contributed by atoms with Gasteiger partial charge in [0.2, 0.25) is 0 Å². The van der Waals surface area contributed by atoms with Crippen LogP contribution in [0.4, 0.5) is 0 Å². The number of allylic oxidation sites excluding steroid dienone is 1. The summed E-state index contributed by atoms with van der Waals surface area (Å²) >= 11 is 0. The molecule has 4 rings (SSSR count). The number of hydrogen-bond donors (Lipinski definition) is 0. The molecule has 0 radical (unpaired) electrons. The molecule has 0 aromatic heterocycles. The van der Waals surface area contributed by atoms with Crippen molar-refractivity contribution >= 4 is 5.97 Å². The molecule has 24 heavy (non-hydrogen) atoms. The Balaban J connectivity index is 1.71. The molecule has 2 fully saturated rings. The van der Waals surface area contributed by atoms with E-state index in [1.165, 1.54) is 45.4 Å².